The zero-order valence-electron chi connectivity index (χ0n) is 10.8. The number of aryl methyl sites for hydroxylation is 1. The van der Waals surface area contributed by atoms with Gasteiger partial charge in [-0.05, 0) is 57.0 Å². The summed E-state index contributed by atoms with van der Waals surface area (Å²) in [6.07, 6.45) is 1.86. The summed E-state index contributed by atoms with van der Waals surface area (Å²) in [5.41, 5.74) is 9.56. The molecule has 0 saturated heterocycles. The maximum absolute atomic E-state index is 13.2. The third-order valence-electron chi connectivity index (χ3n) is 3.12. The Morgan fingerprint density at radius 3 is 2.78 bits per heavy atom. The molecule has 1 aromatic carbocycles. The van der Waals surface area contributed by atoms with Crippen molar-refractivity contribution in [2.24, 2.45) is 5.73 Å². The van der Waals surface area contributed by atoms with E-state index in [2.05, 4.69) is 5.10 Å². The normalized spacial score (nSPS) is 10.9. The summed E-state index contributed by atoms with van der Waals surface area (Å²) < 4.78 is 15.0. The fourth-order valence-electron chi connectivity index (χ4n) is 2.17. The molecule has 3 nitrogen and oxygen atoms in total. The third kappa shape index (κ3) is 2.43. The Balaban J connectivity index is 2.40. The van der Waals surface area contributed by atoms with Crippen molar-refractivity contribution in [1.82, 2.24) is 9.78 Å². The van der Waals surface area contributed by atoms with E-state index in [0.717, 1.165) is 29.9 Å². The topological polar surface area (TPSA) is 43.8 Å². The number of benzene rings is 1. The molecule has 4 heteroatoms. The zero-order chi connectivity index (χ0) is 13.1. The van der Waals surface area contributed by atoms with Crippen molar-refractivity contribution in [2.45, 2.75) is 26.7 Å². The first-order valence-electron chi connectivity index (χ1n) is 6.14. The molecule has 0 aliphatic rings. The van der Waals surface area contributed by atoms with Crippen LogP contribution in [0, 0.1) is 19.7 Å². The van der Waals surface area contributed by atoms with Gasteiger partial charge in [0.2, 0.25) is 0 Å². The van der Waals surface area contributed by atoms with Crippen LogP contribution in [0.1, 0.15) is 23.4 Å². The van der Waals surface area contributed by atoms with Crippen LogP contribution in [0.25, 0.3) is 5.69 Å². The molecule has 0 unspecified atom stereocenters. The predicted octanol–water partition coefficient (Wildman–Crippen LogP) is 2.52. The first-order valence-corrected chi connectivity index (χ1v) is 6.14. The fourth-order valence-corrected chi connectivity index (χ4v) is 2.17. The van der Waals surface area contributed by atoms with Gasteiger partial charge < -0.3 is 5.73 Å². The Kier molecular flexibility index (Phi) is 3.77. The molecule has 0 aliphatic carbocycles. The van der Waals surface area contributed by atoms with Gasteiger partial charge in [0.1, 0.15) is 5.82 Å². The number of nitrogens with zero attached hydrogens (tertiary/aromatic N) is 2. The summed E-state index contributed by atoms with van der Waals surface area (Å²) in [5.74, 6) is -0.247. The van der Waals surface area contributed by atoms with Gasteiger partial charge >= 0.3 is 0 Å². The standard InChI is InChI=1S/C14H18FN3/c1-10-14(7-4-8-16)11(2)18(17-10)13-6-3-5-12(15)9-13/h3,5-6,9H,4,7-8,16H2,1-2H3. The van der Waals surface area contributed by atoms with Crippen LogP contribution >= 0.6 is 0 Å². The molecule has 0 fully saturated rings. The van der Waals surface area contributed by atoms with E-state index in [-0.39, 0.29) is 5.82 Å². The second kappa shape index (κ2) is 5.31. The van der Waals surface area contributed by atoms with Gasteiger partial charge in [-0.1, -0.05) is 6.07 Å². The molecule has 96 valence electrons. The molecule has 2 aromatic rings. The van der Waals surface area contributed by atoms with E-state index >= 15 is 0 Å². The van der Waals surface area contributed by atoms with Gasteiger partial charge in [0.05, 0.1) is 11.4 Å². The molecule has 0 radical (unpaired) electrons. The lowest BCUT2D eigenvalue weighted by molar-refractivity contribution is 0.625. The van der Waals surface area contributed by atoms with Gasteiger partial charge in [-0.15, -0.1) is 0 Å². The van der Waals surface area contributed by atoms with Crippen LogP contribution in [0.15, 0.2) is 24.3 Å². The van der Waals surface area contributed by atoms with E-state index in [1.165, 1.54) is 17.7 Å². The Hall–Kier alpha value is -1.68. The number of halogens is 1. The van der Waals surface area contributed by atoms with Gasteiger partial charge in [0.25, 0.3) is 0 Å². The van der Waals surface area contributed by atoms with Gasteiger partial charge in [0.15, 0.2) is 0 Å². The van der Waals surface area contributed by atoms with E-state index in [1.807, 2.05) is 19.9 Å². The number of nitrogens with two attached hydrogens (primary N) is 1. The van der Waals surface area contributed by atoms with Gasteiger partial charge in [-0.3, -0.25) is 0 Å². The Bertz CT molecular complexity index is 546. The average molecular weight is 247 g/mol. The van der Waals surface area contributed by atoms with E-state index in [9.17, 15) is 4.39 Å². The summed E-state index contributed by atoms with van der Waals surface area (Å²) in [7, 11) is 0. The molecule has 0 amide bonds. The van der Waals surface area contributed by atoms with E-state index in [0.29, 0.717) is 6.54 Å². The largest absolute Gasteiger partial charge is 0.330 e. The molecule has 0 bridgehead atoms. The van der Waals surface area contributed by atoms with Crippen molar-refractivity contribution in [3.05, 3.63) is 47.0 Å². The lowest BCUT2D eigenvalue weighted by Gasteiger charge is -2.05. The summed E-state index contributed by atoms with van der Waals surface area (Å²) >= 11 is 0. The highest BCUT2D eigenvalue weighted by molar-refractivity contribution is 5.37. The summed E-state index contributed by atoms with van der Waals surface area (Å²) in [4.78, 5) is 0. The highest BCUT2D eigenvalue weighted by Crippen LogP contribution is 2.19. The predicted molar refractivity (Wildman–Crippen MR) is 70.4 cm³/mol. The molecular weight excluding hydrogens is 229 g/mol. The number of hydrogen-bond donors (Lipinski definition) is 1. The summed E-state index contributed by atoms with van der Waals surface area (Å²) in [6.45, 7) is 4.66. The molecule has 0 spiro atoms. The summed E-state index contributed by atoms with van der Waals surface area (Å²) in [5, 5.41) is 4.48. The van der Waals surface area contributed by atoms with Crippen LogP contribution < -0.4 is 5.73 Å². The molecule has 18 heavy (non-hydrogen) atoms. The van der Waals surface area contributed by atoms with Crippen molar-refractivity contribution in [3.8, 4) is 5.69 Å². The van der Waals surface area contributed by atoms with Gasteiger partial charge in [-0.25, -0.2) is 9.07 Å². The van der Waals surface area contributed by atoms with Gasteiger partial charge in [-0.2, -0.15) is 5.10 Å². The zero-order valence-corrected chi connectivity index (χ0v) is 10.8. The van der Waals surface area contributed by atoms with Crippen molar-refractivity contribution in [2.75, 3.05) is 6.54 Å². The number of hydrogen-bond acceptors (Lipinski definition) is 2. The van der Waals surface area contributed by atoms with Gasteiger partial charge in [0, 0.05) is 5.69 Å². The maximum Gasteiger partial charge on any atom is 0.125 e. The fraction of sp³-hybridized carbons (Fsp3) is 0.357. The van der Waals surface area contributed by atoms with Crippen LogP contribution in [0.3, 0.4) is 0 Å². The lowest BCUT2D eigenvalue weighted by Crippen LogP contribution is -2.02. The van der Waals surface area contributed by atoms with Crippen molar-refractivity contribution < 1.29 is 4.39 Å². The molecule has 0 saturated carbocycles. The van der Waals surface area contributed by atoms with Crippen LogP contribution in [-0.4, -0.2) is 16.3 Å². The number of aromatic nitrogens is 2. The average Bonchev–Trinajstić information content (AvgIpc) is 2.63. The van der Waals surface area contributed by atoms with E-state index < -0.39 is 0 Å². The second-order valence-electron chi connectivity index (χ2n) is 4.43. The lowest BCUT2D eigenvalue weighted by atomic mass is 10.1. The highest BCUT2D eigenvalue weighted by Gasteiger charge is 2.12. The molecule has 2 N–H and O–H groups in total. The number of rotatable bonds is 4. The minimum Gasteiger partial charge on any atom is -0.330 e. The Labute approximate surface area is 106 Å². The molecule has 2 rings (SSSR count). The first kappa shape index (κ1) is 12.8. The molecule has 1 aromatic heterocycles. The minimum absolute atomic E-state index is 0.247. The second-order valence-corrected chi connectivity index (χ2v) is 4.43. The van der Waals surface area contributed by atoms with E-state index in [1.54, 1.807) is 10.7 Å². The van der Waals surface area contributed by atoms with E-state index in [4.69, 9.17) is 5.73 Å². The van der Waals surface area contributed by atoms with Crippen LogP contribution in [0.5, 0.6) is 0 Å². The van der Waals surface area contributed by atoms with Crippen molar-refractivity contribution in [3.63, 3.8) is 0 Å². The van der Waals surface area contributed by atoms with Crippen LogP contribution in [0.4, 0.5) is 4.39 Å². The SMILES string of the molecule is Cc1nn(-c2cccc(F)c2)c(C)c1CCCN. The highest BCUT2D eigenvalue weighted by atomic mass is 19.1. The molecule has 0 aliphatic heterocycles. The van der Waals surface area contributed by atoms with Crippen molar-refractivity contribution >= 4 is 0 Å². The molecule has 1 heterocycles. The molecule has 0 atom stereocenters. The first-order chi connectivity index (χ1) is 8.63. The monoisotopic (exact) mass is 247 g/mol. The van der Waals surface area contributed by atoms with Crippen molar-refractivity contribution in [1.29, 1.82) is 0 Å². The molecular formula is C14H18FN3. The Morgan fingerprint density at radius 2 is 2.11 bits per heavy atom. The summed E-state index contributed by atoms with van der Waals surface area (Å²) in [6, 6.07) is 6.48. The quantitative estimate of drug-likeness (QED) is 0.902. The third-order valence-corrected chi connectivity index (χ3v) is 3.12. The smallest absolute Gasteiger partial charge is 0.125 e. The maximum atomic E-state index is 13.2. The van der Waals surface area contributed by atoms with Crippen LogP contribution in [-0.2, 0) is 6.42 Å². The Morgan fingerprint density at radius 1 is 1.33 bits per heavy atom. The van der Waals surface area contributed by atoms with Crippen LogP contribution in [0.2, 0.25) is 0 Å². The minimum atomic E-state index is -0.247.